The van der Waals surface area contributed by atoms with Crippen molar-refractivity contribution in [2.45, 2.75) is 38.8 Å². The van der Waals surface area contributed by atoms with Crippen LogP contribution in [0.1, 0.15) is 27.2 Å². The minimum atomic E-state index is -0.783. The lowest BCUT2D eigenvalue weighted by Crippen LogP contribution is -2.46. The van der Waals surface area contributed by atoms with Gasteiger partial charge in [-0.2, -0.15) is 0 Å². The zero-order chi connectivity index (χ0) is 11.9. The van der Waals surface area contributed by atoms with E-state index in [1.165, 1.54) is 0 Å². The van der Waals surface area contributed by atoms with Crippen molar-refractivity contribution in [3.8, 4) is 0 Å². The molecule has 0 fully saturated rings. The van der Waals surface area contributed by atoms with E-state index >= 15 is 0 Å². The molecule has 5 heteroatoms. The van der Waals surface area contributed by atoms with Crippen LogP contribution in [-0.4, -0.2) is 47.6 Å². The van der Waals surface area contributed by atoms with Gasteiger partial charge in [-0.15, -0.1) is 0 Å². The third-order valence-corrected chi connectivity index (χ3v) is 1.92. The Hall–Kier alpha value is -0.650. The van der Waals surface area contributed by atoms with Gasteiger partial charge in [0.15, 0.2) is 0 Å². The molecule has 90 valence electrons. The van der Waals surface area contributed by atoms with Crippen molar-refractivity contribution < 1.29 is 19.7 Å². The Morgan fingerprint density at radius 1 is 1.53 bits per heavy atom. The van der Waals surface area contributed by atoms with Gasteiger partial charge in [-0.25, -0.2) is 0 Å². The first-order valence-electron chi connectivity index (χ1n) is 5.11. The van der Waals surface area contributed by atoms with Gasteiger partial charge in [0.25, 0.3) is 0 Å². The molecule has 0 bridgehead atoms. The maximum atomic E-state index is 11.0. The largest absolute Gasteiger partial charge is 0.466 e. The molecule has 0 heterocycles. The summed E-state index contributed by atoms with van der Waals surface area (Å²) >= 11 is 0. The van der Waals surface area contributed by atoms with Crippen molar-refractivity contribution in [3.05, 3.63) is 0 Å². The lowest BCUT2D eigenvalue weighted by Gasteiger charge is -2.25. The average Bonchev–Trinajstić information content (AvgIpc) is 2.15. The maximum absolute atomic E-state index is 11.0. The molecule has 0 aliphatic carbocycles. The summed E-state index contributed by atoms with van der Waals surface area (Å²) in [6, 6.07) is 0. The second-order valence-corrected chi connectivity index (χ2v) is 4.09. The Morgan fingerprint density at radius 2 is 2.13 bits per heavy atom. The molecule has 3 N–H and O–H groups in total. The van der Waals surface area contributed by atoms with Gasteiger partial charge in [-0.05, 0) is 20.8 Å². The van der Waals surface area contributed by atoms with Gasteiger partial charge in [0.1, 0.15) is 0 Å². The Kier molecular flexibility index (Phi) is 6.47. The summed E-state index contributed by atoms with van der Waals surface area (Å²) in [5, 5.41) is 21.3. The monoisotopic (exact) mass is 219 g/mol. The van der Waals surface area contributed by atoms with E-state index in [-0.39, 0.29) is 19.6 Å². The summed E-state index contributed by atoms with van der Waals surface area (Å²) in [7, 11) is 0. The molecule has 0 aliphatic rings. The van der Waals surface area contributed by atoms with Crippen LogP contribution in [0.3, 0.4) is 0 Å². The molecule has 0 aliphatic heterocycles. The number of esters is 1. The van der Waals surface area contributed by atoms with E-state index in [4.69, 9.17) is 9.84 Å². The van der Waals surface area contributed by atoms with Gasteiger partial charge in [-0.1, -0.05) is 0 Å². The Morgan fingerprint density at radius 3 is 2.60 bits per heavy atom. The molecule has 0 amide bonds. The molecule has 0 aromatic carbocycles. The first-order valence-corrected chi connectivity index (χ1v) is 5.11. The zero-order valence-corrected chi connectivity index (χ0v) is 9.62. The SMILES string of the molecule is CCOC(=O)CC(O)CNC(C)(C)CO. The van der Waals surface area contributed by atoms with Crippen molar-refractivity contribution in [1.29, 1.82) is 0 Å². The summed E-state index contributed by atoms with van der Waals surface area (Å²) in [6.07, 6.45) is -0.808. The van der Waals surface area contributed by atoms with Crippen LogP contribution in [0, 0.1) is 0 Å². The number of carbonyl (C=O) groups excluding carboxylic acids is 1. The van der Waals surface area contributed by atoms with E-state index in [1.807, 2.05) is 13.8 Å². The summed E-state index contributed by atoms with van der Waals surface area (Å²) in [5.41, 5.74) is -0.449. The molecule has 0 saturated heterocycles. The highest BCUT2D eigenvalue weighted by Crippen LogP contribution is 2.01. The number of aliphatic hydroxyl groups is 2. The second-order valence-electron chi connectivity index (χ2n) is 4.09. The Balaban J connectivity index is 3.75. The van der Waals surface area contributed by atoms with Crippen LogP contribution in [0.2, 0.25) is 0 Å². The van der Waals surface area contributed by atoms with Gasteiger partial charge in [0, 0.05) is 12.1 Å². The molecule has 0 rings (SSSR count). The van der Waals surface area contributed by atoms with Gasteiger partial charge in [-0.3, -0.25) is 4.79 Å². The summed E-state index contributed by atoms with van der Waals surface area (Å²) < 4.78 is 4.69. The van der Waals surface area contributed by atoms with Crippen LogP contribution in [0.4, 0.5) is 0 Å². The van der Waals surface area contributed by atoms with Crippen LogP contribution in [0.5, 0.6) is 0 Å². The molecule has 1 unspecified atom stereocenters. The fourth-order valence-corrected chi connectivity index (χ4v) is 0.934. The third-order valence-electron chi connectivity index (χ3n) is 1.92. The molecule has 1 atom stereocenters. The van der Waals surface area contributed by atoms with Crippen LogP contribution in [0.15, 0.2) is 0 Å². The quantitative estimate of drug-likeness (QED) is 0.511. The predicted octanol–water partition coefficient (Wildman–Crippen LogP) is -0.339. The summed E-state index contributed by atoms with van der Waals surface area (Å²) in [6.45, 7) is 5.89. The lowest BCUT2D eigenvalue weighted by molar-refractivity contribution is -0.145. The predicted molar refractivity (Wildman–Crippen MR) is 56.4 cm³/mol. The van der Waals surface area contributed by atoms with E-state index in [0.29, 0.717) is 6.61 Å². The number of carbonyl (C=O) groups is 1. The highest BCUT2D eigenvalue weighted by atomic mass is 16.5. The molecule has 0 aromatic rings. The number of rotatable bonds is 7. The fraction of sp³-hybridized carbons (Fsp3) is 0.900. The molecule has 15 heavy (non-hydrogen) atoms. The minimum Gasteiger partial charge on any atom is -0.466 e. The zero-order valence-electron chi connectivity index (χ0n) is 9.62. The van der Waals surface area contributed by atoms with E-state index < -0.39 is 17.6 Å². The van der Waals surface area contributed by atoms with Crippen molar-refractivity contribution in [2.75, 3.05) is 19.8 Å². The number of β-amino-alcohol motifs (C(OH)–C–C–N with tert-alkyl or cyclic N) is 1. The van der Waals surface area contributed by atoms with Crippen LogP contribution in [-0.2, 0) is 9.53 Å². The molecular formula is C10H21NO4. The number of aliphatic hydroxyl groups excluding tert-OH is 2. The molecular weight excluding hydrogens is 198 g/mol. The van der Waals surface area contributed by atoms with Crippen LogP contribution < -0.4 is 5.32 Å². The van der Waals surface area contributed by atoms with E-state index in [2.05, 4.69) is 5.32 Å². The first kappa shape index (κ1) is 14.3. The highest BCUT2D eigenvalue weighted by molar-refractivity contribution is 5.69. The van der Waals surface area contributed by atoms with Crippen molar-refractivity contribution >= 4 is 5.97 Å². The van der Waals surface area contributed by atoms with E-state index in [0.717, 1.165) is 0 Å². The van der Waals surface area contributed by atoms with Crippen molar-refractivity contribution in [2.24, 2.45) is 0 Å². The fourth-order valence-electron chi connectivity index (χ4n) is 0.934. The molecule has 0 aromatic heterocycles. The number of hydrogen-bond acceptors (Lipinski definition) is 5. The van der Waals surface area contributed by atoms with Gasteiger partial charge in [0.2, 0.25) is 0 Å². The smallest absolute Gasteiger partial charge is 0.308 e. The van der Waals surface area contributed by atoms with Crippen LogP contribution in [0.25, 0.3) is 0 Å². The van der Waals surface area contributed by atoms with Crippen LogP contribution >= 0.6 is 0 Å². The number of hydrogen-bond donors (Lipinski definition) is 3. The summed E-state index contributed by atoms with van der Waals surface area (Å²) in [4.78, 5) is 11.0. The average molecular weight is 219 g/mol. The highest BCUT2D eigenvalue weighted by Gasteiger charge is 2.18. The van der Waals surface area contributed by atoms with Crippen molar-refractivity contribution in [1.82, 2.24) is 5.32 Å². The lowest BCUT2D eigenvalue weighted by atomic mass is 10.1. The van der Waals surface area contributed by atoms with E-state index in [9.17, 15) is 9.90 Å². The van der Waals surface area contributed by atoms with Gasteiger partial charge in [0.05, 0.1) is 25.7 Å². The Bertz CT molecular complexity index is 194. The molecule has 0 radical (unpaired) electrons. The molecule has 0 saturated carbocycles. The number of nitrogens with one attached hydrogen (secondary N) is 1. The molecule has 5 nitrogen and oxygen atoms in total. The summed E-state index contributed by atoms with van der Waals surface area (Å²) in [5.74, 6) is -0.409. The number of ether oxygens (including phenoxy) is 1. The van der Waals surface area contributed by atoms with Gasteiger partial charge >= 0.3 is 5.97 Å². The maximum Gasteiger partial charge on any atom is 0.308 e. The molecule has 0 spiro atoms. The standard InChI is InChI=1S/C10H21NO4/c1-4-15-9(14)5-8(13)6-11-10(2,3)7-12/h8,11-13H,4-7H2,1-3H3. The Labute approximate surface area is 90.4 Å². The van der Waals surface area contributed by atoms with Gasteiger partial charge < -0.3 is 20.3 Å². The topological polar surface area (TPSA) is 78.8 Å². The van der Waals surface area contributed by atoms with Crippen molar-refractivity contribution in [3.63, 3.8) is 0 Å². The third kappa shape index (κ3) is 7.30. The van der Waals surface area contributed by atoms with E-state index in [1.54, 1.807) is 6.92 Å². The minimum absolute atomic E-state index is 0.0254. The first-order chi connectivity index (χ1) is 6.91. The second kappa shape index (κ2) is 6.76. The normalized spacial score (nSPS) is 13.7.